The Labute approximate surface area is 133 Å². The highest BCUT2D eigenvalue weighted by molar-refractivity contribution is 5.39. The van der Waals surface area contributed by atoms with Crippen LogP contribution in [0.15, 0.2) is 28.6 Å². The van der Waals surface area contributed by atoms with Crippen molar-refractivity contribution >= 4 is 0 Å². The first kappa shape index (κ1) is 15.5. The molecule has 3 nitrogen and oxygen atoms in total. The predicted octanol–water partition coefficient (Wildman–Crippen LogP) is 3.46. The number of hydrogen-bond donors (Lipinski definition) is 1. The fourth-order valence-electron chi connectivity index (χ4n) is 5.09. The van der Waals surface area contributed by atoms with Crippen LogP contribution in [-0.4, -0.2) is 23.5 Å². The standard InChI is InChI=1S/C17H22N2O.C2H6/c1-11-8-12-9-15-14(5-6-16(20)18-15)17(10-11)13(12)4-3-7-19(17)2;1-2/h5-6,8,12-13H,3-4,7,9-10H2,1-2H3,(H,18,20);1-2H3. The summed E-state index contributed by atoms with van der Waals surface area (Å²) in [4.78, 5) is 17.3. The molecule has 2 heterocycles. The molecule has 22 heavy (non-hydrogen) atoms. The molecule has 1 saturated heterocycles. The molecule has 3 aliphatic rings. The molecule has 120 valence electrons. The van der Waals surface area contributed by atoms with E-state index >= 15 is 0 Å². The predicted molar refractivity (Wildman–Crippen MR) is 91.0 cm³/mol. The number of hydrogen-bond acceptors (Lipinski definition) is 2. The Balaban J connectivity index is 0.000000693. The lowest BCUT2D eigenvalue weighted by Gasteiger charge is -2.58. The number of fused-ring (bicyclic) bond motifs is 1. The zero-order valence-electron chi connectivity index (χ0n) is 14.3. The second-order valence-electron chi connectivity index (χ2n) is 6.87. The SMILES string of the molecule is CC.CC1=CC2Cc3[nH]c(=O)ccc3C3(C1)C2CCCN3C. The molecule has 1 aromatic heterocycles. The van der Waals surface area contributed by atoms with Crippen molar-refractivity contribution in [3.63, 3.8) is 0 Å². The van der Waals surface area contributed by atoms with Gasteiger partial charge in [0, 0.05) is 11.8 Å². The van der Waals surface area contributed by atoms with Gasteiger partial charge in [-0.05, 0) is 69.7 Å². The van der Waals surface area contributed by atoms with Gasteiger partial charge in [0.15, 0.2) is 0 Å². The van der Waals surface area contributed by atoms with Gasteiger partial charge >= 0.3 is 0 Å². The third-order valence-electron chi connectivity index (χ3n) is 5.77. The maximum Gasteiger partial charge on any atom is 0.248 e. The van der Waals surface area contributed by atoms with Crippen molar-refractivity contribution in [3.05, 3.63) is 45.4 Å². The van der Waals surface area contributed by atoms with Crippen molar-refractivity contribution in [2.75, 3.05) is 13.6 Å². The maximum absolute atomic E-state index is 11.7. The highest BCUT2D eigenvalue weighted by Crippen LogP contribution is 2.55. The van der Waals surface area contributed by atoms with Gasteiger partial charge in [0.1, 0.15) is 0 Å². The van der Waals surface area contributed by atoms with Crippen LogP contribution >= 0.6 is 0 Å². The number of H-pyrrole nitrogens is 1. The van der Waals surface area contributed by atoms with E-state index in [-0.39, 0.29) is 11.1 Å². The minimum absolute atomic E-state index is 0.0378. The molecule has 0 aromatic carbocycles. The molecule has 3 atom stereocenters. The van der Waals surface area contributed by atoms with Crippen LogP contribution in [0.5, 0.6) is 0 Å². The number of pyridine rings is 1. The molecular weight excluding hydrogens is 272 g/mol. The molecule has 2 bridgehead atoms. The van der Waals surface area contributed by atoms with E-state index in [0.29, 0.717) is 11.8 Å². The minimum atomic E-state index is 0.0378. The topological polar surface area (TPSA) is 36.1 Å². The molecule has 3 unspecified atom stereocenters. The average molecular weight is 300 g/mol. The third kappa shape index (κ3) is 2.10. The van der Waals surface area contributed by atoms with Gasteiger partial charge in [0.25, 0.3) is 0 Å². The van der Waals surface area contributed by atoms with Crippen LogP contribution in [0.4, 0.5) is 0 Å². The molecule has 0 radical (unpaired) electrons. The number of nitrogens with zero attached hydrogens (tertiary/aromatic N) is 1. The first-order valence-electron chi connectivity index (χ1n) is 8.72. The first-order chi connectivity index (χ1) is 10.6. The lowest BCUT2D eigenvalue weighted by molar-refractivity contribution is -0.0275. The summed E-state index contributed by atoms with van der Waals surface area (Å²) in [5.74, 6) is 1.31. The Hall–Kier alpha value is -1.35. The second-order valence-corrected chi connectivity index (χ2v) is 6.87. The van der Waals surface area contributed by atoms with Crippen LogP contribution in [-0.2, 0) is 12.0 Å². The molecule has 2 aliphatic carbocycles. The number of rotatable bonds is 0. The molecule has 0 saturated carbocycles. The van der Waals surface area contributed by atoms with Crippen molar-refractivity contribution in [2.45, 2.75) is 52.0 Å². The Morgan fingerprint density at radius 2 is 2.09 bits per heavy atom. The van der Waals surface area contributed by atoms with Crippen LogP contribution in [0.1, 0.15) is 51.3 Å². The van der Waals surface area contributed by atoms with Crippen LogP contribution in [0.2, 0.25) is 0 Å². The van der Waals surface area contributed by atoms with E-state index in [1.807, 2.05) is 13.8 Å². The van der Waals surface area contributed by atoms with E-state index in [4.69, 9.17) is 0 Å². The van der Waals surface area contributed by atoms with Crippen molar-refractivity contribution in [1.82, 2.24) is 9.88 Å². The van der Waals surface area contributed by atoms with E-state index in [1.165, 1.54) is 29.7 Å². The number of nitrogens with one attached hydrogen (secondary N) is 1. The summed E-state index contributed by atoms with van der Waals surface area (Å²) in [5.41, 5.74) is 4.23. The first-order valence-corrected chi connectivity index (χ1v) is 8.72. The Morgan fingerprint density at radius 1 is 1.32 bits per heavy atom. The summed E-state index contributed by atoms with van der Waals surface area (Å²) in [7, 11) is 2.27. The van der Waals surface area contributed by atoms with Gasteiger partial charge in [0.2, 0.25) is 5.56 Å². The highest BCUT2D eigenvalue weighted by Gasteiger charge is 2.54. The van der Waals surface area contributed by atoms with Gasteiger partial charge in [-0.25, -0.2) is 0 Å². The average Bonchev–Trinajstić information content (AvgIpc) is 2.49. The molecule has 1 aromatic rings. The van der Waals surface area contributed by atoms with Gasteiger partial charge in [-0.1, -0.05) is 25.5 Å². The number of piperidine rings is 1. The minimum Gasteiger partial charge on any atom is -0.326 e. The maximum atomic E-state index is 11.7. The monoisotopic (exact) mass is 300 g/mol. The van der Waals surface area contributed by atoms with Gasteiger partial charge in [-0.15, -0.1) is 0 Å². The summed E-state index contributed by atoms with van der Waals surface area (Å²) in [6, 6.07) is 3.80. The van der Waals surface area contributed by atoms with Crippen molar-refractivity contribution < 1.29 is 0 Å². The van der Waals surface area contributed by atoms with Crippen LogP contribution in [0, 0.1) is 11.8 Å². The van der Waals surface area contributed by atoms with Crippen molar-refractivity contribution in [2.24, 2.45) is 11.8 Å². The Bertz CT molecular complexity index is 645. The van der Waals surface area contributed by atoms with E-state index < -0.39 is 0 Å². The molecule has 0 spiro atoms. The van der Waals surface area contributed by atoms with Crippen molar-refractivity contribution in [1.29, 1.82) is 0 Å². The lowest BCUT2D eigenvalue weighted by atomic mass is 9.56. The van der Waals surface area contributed by atoms with E-state index in [0.717, 1.165) is 19.4 Å². The van der Waals surface area contributed by atoms with Gasteiger partial charge < -0.3 is 4.98 Å². The van der Waals surface area contributed by atoms with Gasteiger partial charge in [-0.3, -0.25) is 9.69 Å². The van der Waals surface area contributed by atoms with E-state index in [9.17, 15) is 4.79 Å². The lowest BCUT2D eigenvalue weighted by Crippen LogP contribution is -2.59. The number of allylic oxidation sites excluding steroid dienone is 1. The zero-order valence-corrected chi connectivity index (χ0v) is 14.3. The quantitative estimate of drug-likeness (QED) is 0.745. The fourth-order valence-corrected chi connectivity index (χ4v) is 5.09. The van der Waals surface area contributed by atoms with E-state index in [1.54, 1.807) is 6.07 Å². The molecule has 1 aliphatic heterocycles. The van der Waals surface area contributed by atoms with Crippen LogP contribution in [0.25, 0.3) is 0 Å². The zero-order chi connectivity index (χ0) is 15.9. The highest BCUT2D eigenvalue weighted by atomic mass is 16.1. The van der Waals surface area contributed by atoms with Gasteiger partial charge in [-0.2, -0.15) is 0 Å². The largest absolute Gasteiger partial charge is 0.326 e. The summed E-state index contributed by atoms with van der Waals surface area (Å²) < 4.78 is 0. The Kier molecular flexibility index (Phi) is 4.02. The van der Waals surface area contributed by atoms with Gasteiger partial charge in [0.05, 0.1) is 5.54 Å². The van der Waals surface area contributed by atoms with Crippen LogP contribution < -0.4 is 5.56 Å². The number of aromatic nitrogens is 1. The normalized spacial score (nSPS) is 33.0. The molecular formula is C19H28N2O. The van der Waals surface area contributed by atoms with Crippen LogP contribution in [0.3, 0.4) is 0 Å². The summed E-state index contributed by atoms with van der Waals surface area (Å²) in [6.07, 6.45) is 7.20. The second kappa shape index (κ2) is 5.69. The number of likely N-dealkylation sites (tertiary alicyclic amines) is 1. The van der Waals surface area contributed by atoms with E-state index in [2.05, 4.69) is 36.0 Å². The van der Waals surface area contributed by atoms with Crippen molar-refractivity contribution in [3.8, 4) is 0 Å². The Morgan fingerprint density at radius 3 is 2.86 bits per heavy atom. The molecule has 1 fully saturated rings. The smallest absolute Gasteiger partial charge is 0.248 e. The molecule has 1 N–H and O–H groups in total. The summed E-state index contributed by atoms with van der Waals surface area (Å²) in [6.45, 7) is 7.43. The molecule has 4 rings (SSSR count). The molecule has 3 heteroatoms. The summed E-state index contributed by atoms with van der Waals surface area (Å²) >= 11 is 0. The molecule has 0 amide bonds. The summed E-state index contributed by atoms with van der Waals surface area (Å²) in [5, 5.41) is 0. The third-order valence-corrected chi connectivity index (χ3v) is 5.77. The number of aromatic amines is 1. The fraction of sp³-hybridized carbons (Fsp3) is 0.632.